The molecule has 3 aromatic carbocycles. The van der Waals surface area contributed by atoms with Crippen LogP contribution in [-0.2, 0) is 19.2 Å². The molecule has 0 unspecified atom stereocenters. The van der Waals surface area contributed by atoms with E-state index < -0.39 is 35.0 Å². The van der Waals surface area contributed by atoms with Crippen LogP contribution in [-0.4, -0.2) is 34.5 Å². The van der Waals surface area contributed by atoms with Crippen molar-refractivity contribution in [3.63, 3.8) is 0 Å². The van der Waals surface area contributed by atoms with Crippen LogP contribution in [0, 0.1) is 42.9 Å². The largest absolute Gasteiger partial charge is 0.507 e. The van der Waals surface area contributed by atoms with Crippen LogP contribution in [0.5, 0.6) is 5.75 Å². The lowest BCUT2D eigenvalue weighted by Crippen LogP contribution is -2.49. The molecule has 6 atom stereocenters. The molecule has 1 N–H and O–H groups in total. The second-order valence-corrected chi connectivity index (χ2v) is 13.1. The van der Waals surface area contributed by atoms with Gasteiger partial charge in [-0.2, -0.15) is 0 Å². The van der Waals surface area contributed by atoms with Gasteiger partial charge in [-0.15, -0.1) is 0 Å². The first-order valence-electron chi connectivity index (χ1n) is 15.4. The Kier molecular flexibility index (Phi) is 6.48. The van der Waals surface area contributed by atoms with Crippen molar-refractivity contribution in [1.82, 2.24) is 0 Å². The maximum Gasteiger partial charge on any atom is 0.241 e. The van der Waals surface area contributed by atoms with Crippen LogP contribution in [0.3, 0.4) is 0 Å². The van der Waals surface area contributed by atoms with Gasteiger partial charge in [-0.3, -0.25) is 28.9 Å². The van der Waals surface area contributed by atoms with Gasteiger partial charge in [-0.25, -0.2) is 4.90 Å². The zero-order valence-electron chi connectivity index (χ0n) is 25.6. The van der Waals surface area contributed by atoms with Gasteiger partial charge < -0.3 is 5.11 Å². The van der Waals surface area contributed by atoms with Crippen molar-refractivity contribution < 1.29 is 29.1 Å². The number of aryl methyl sites for hydroxylation is 2. The topological polar surface area (TPSA) is 112 Å². The highest BCUT2D eigenvalue weighted by Gasteiger charge is 2.67. The quantitative estimate of drug-likeness (QED) is 0.235. The first-order valence-corrected chi connectivity index (χ1v) is 15.4. The first kappa shape index (κ1) is 28.9. The molecule has 45 heavy (non-hydrogen) atoms. The normalized spacial score (nSPS) is 29.0. The van der Waals surface area contributed by atoms with E-state index in [1.807, 2.05) is 45.0 Å². The molecule has 0 spiro atoms. The Labute approximate surface area is 261 Å². The van der Waals surface area contributed by atoms with Gasteiger partial charge >= 0.3 is 0 Å². The van der Waals surface area contributed by atoms with Crippen molar-refractivity contribution in [2.24, 2.45) is 29.1 Å². The lowest BCUT2D eigenvalue weighted by atomic mass is 9.51. The Balaban J connectivity index is 1.36. The highest BCUT2D eigenvalue weighted by molar-refractivity contribution is 6.25. The third-order valence-corrected chi connectivity index (χ3v) is 10.7. The zero-order valence-corrected chi connectivity index (χ0v) is 25.6. The van der Waals surface area contributed by atoms with Gasteiger partial charge in [-0.05, 0) is 99.5 Å². The minimum absolute atomic E-state index is 0.112. The minimum Gasteiger partial charge on any atom is -0.507 e. The number of phenols is 1. The monoisotopic (exact) mass is 602 g/mol. The Bertz CT molecular complexity index is 1820. The third-order valence-electron chi connectivity index (χ3n) is 10.7. The first-order chi connectivity index (χ1) is 21.4. The van der Waals surface area contributed by atoms with Gasteiger partial charge in [0.1, 0.15) is 5.75 Å². The van der Waals surface area contributed by atoms with Crippen LogP contribution in [0.25, 0.3) is 0 Å². The van der Waals surface area contributed by atoms with E-state index in [2.05, 4.69) is 0 Å². The Morgan fingerprint density at radius 3 is 2.07 bits per heavy atom. The number of benzene rings is 3. The number of hydrogen-bond donors (Lipinski definition) is 1. The summed E-state index contributed by atoms with van der Waals surface area (Å²) in [5.41, 5.74) is 3.26. The standard InChI is InChI=1S/C37H34N2O6/c1-19-16-23(17-20(2)32(19)41)31-26-14-15-27-30(35(44)38(33(27)42)25-12-10-22(11-13-25)21(3)40)28(26)18-29-34(43)39(36(45)37(29,31)4)24-8-6-5-7-9-24/h5-14,16-17,27-31,41H,15,18H2,1-4H3/t27-,28+,29-,30-,31-,37+/m0/s1. The second kappa shape index (κ2) is 10.1. The fourth-order valence-electron chi connectivity index (χ4n) is 8.47. The van der Waals surface area contributed by atoms with E-state index in [4.69, 9.17) is 0 Å². The van der Waals surface area contributed by atoms with Crippen LogP contribution < -0.4 is 9.80 Å². The summed E-state index contributed by atoms with van der Waals surface area (Å²) >= 11 is 0. The van der Waals surface area contributed by atoms with Crippen molar-refractivity contribution in [2.75, 3.05) is 9.80 Å². The molecule has 228 valence electrons. The van der Waals surface area contributed by atoms with E-state index in [-0.39, 0.29) is 41.6 Å². The number of hydrogen-bond acceptors (Lipinski definition) is 6. The van der Waals surface area contributed by atoms with E-state index in [9.17, 15) is 29.1 Å². The molecule has 0 bridgehead atoms. The number of imide groups is 2. The number of para-hydroxylation sites is 1. The number of amides is 4. The lowest BCUT2D eigenvalue weighted by Gasteiger charge is -2.49. The predicted octanol–water partition coefficient (Wildman–Crippen LogP) is 5.65. The minimum atomic E-state index is -1.15. The fraction of sp³-hybridized carbons (Fsp3) is 0.324. The van der Waals surface area contributed by atoms with Gasteiger partial charge in [0.15, 0.2) is 5.78 Å². The summed E-state index contributed by atoms with van der Waals surface area (Å²) in [6.45, 7) is 6.94. The maximum absolute atomic E-state index is 14.5. The number of fused-ring (bicyclic) bond motifs is 4. The SMILES string of the molecule is CC(=O)c1ccc(N2C(=O)[C@H]3[C@H](CC=C4[C@H]3C[C@H]3C(=O)N(c5ccccc5)C(=O)[C@@]3(C)[C@H]4c3cc(C)c(O)c(C)c3)C2=O)cc1. The molecule has 0 aromatic heterocycles. The molecule has 8 nitrogen and oxygen atoms in total. The third kappa shape index (κ3) is 4.01. The highest BCUT2D eigenvalue weighted by atomic mass is 16.3. The number of rotatable bonds is 4. The number of carbonyl (C=O) groups is 5. The van der Waals surface area contributed by atoms with E-state index in [1.165, 1.54) is 16.7 Å². The average molecular weight is 603 g/mol. The van der Waals surface area contributed by atoms with E-state index in [0.717, 1.165) is 11.1 Å². The average Bonchev–Trinajstić information content (AvgIpc) is 3.39. The van der Waals surface area contributed by atoms with E-state index in [0.29, 0.717) is 34.5 Å². The molecule has 3 fully saturated rings. The Morgan fingerprint density at radius 2 is 1.44 bits per heavy atom. The molecule has 8 heteroatoms. The molecule has 2 aliphatic carbocycles. The van der Waals surface area contributed by atoms with Gasteiger partial charge in [0.05, 0.1) is 34.5 Å². The molecule has 1 saturated carbocycles. The van der Waals surface area contributed by atoms with Crippen molar-refractivity contribution in [3.05, 3.63) is 101 Å². The lowest BCUT2D eigenvalue weighted by molar-refractivity contribution is -0.131. The maximum atomic E-state index is 14.5. The summed E-state index contributed by atoms with van der Waals surface area (Å²) in [6, 6.07) is 19.1. The molecule has 7 rings (SSSR count). The highest BCUT2D eigenvalue weighted by Crippen LogP contribution is 2.64. The van der Waals surface area contributed by atoms with Crippen LogP contribution >= 0.6 is 0 Å². The van der Waals surface area contributed by atoms with Crippen LogP contribution in [0.15, 0.2) is 78.4 Å². The second-order valence-electron chi connectivity index (χ2n) is 13.1. The fourth-order valence-corrected chi connectivity index (χ4v) is 8.47. The summed E-state index contributed by atoms with van der Waals surface area (Å²) in [6.07, 6.45) is 2.62. The smallest absolute Gasteiger partial charge is 0.241 e. The number of allylic oxidation sites excluding steroid dienone is 2. The molecule has 2 heterocycles. The van der Waals surface area contributed by atoms with Gasteiger partial charge in [0.25, 0.3) is 0 Å². The van der Waals surface area contributed by atoms with Crippen molar-refractivity contribution in [3.8, 4) is 5.75 Å². The van der Waals surface area contributed by atoms with Gasteiger partial charge in [-0.1, -0.05) is 42.0 Å². The summed E-state index contributed by atoms with van der Waals surface area (Å²) in [7, 11) is 0. The van der Waals surface area contributed by atoms with Crippen LogP contribution in [0.2, 0.25) is 0 Å². The van der Waals surface area contributed by atoms with Crippen LogP contribution in [0.4, 0.5) is 11.4 Å². The van der Waals surface area contributed by atoms with Crippen molar-refractivity contribution >= 4 is 40.8 Å². The zero-order chi connectivity index (χ0) is 31.9. The summed E-state index contributed by atoms with van der Waals surface area (Å²) in [4.78, 5) is 71.2. The molecule has 4 amide bonds. The molecule has 3 aromatic rings. The Morgan fingerprint density at radius 1 is 0.822 bits per heavy atom. The van der Waals surface area contributed by atoms with Gasteiger partial charge in [0, 0.05) is 11.5 Å². The number of anilines is 2. The van der Waals surface area contributed by atoms with Crippen molar-refractivity contribution in [1.29, 1.82) is 0 Å². The number of aromatic hydroxyl groups is 1. The number of Topliss-reactive ketones (excluding diaryl/α,β-unsaturated/α-hetero) is 1. The number of carbonyl (C=O) groups excluding carboxylic acids is 5. The molecule has 0 radical (unpaired) electrons. The molecular formula is C37H34N2O6. The summed E-state index contributed by atoms with van der Waals surface area (Å²) in [5, 5.41) is 10.6. The molecular weight excluding hydrogens is 568 g/mol. The summed E-state index contributed by atoms with van der Waals surface area (Å²) in [5.74, 6) is -4.14. The molecule has 4 aliphatic rings. The number of ketones is 1. The van der Waals surface area contributed by atoms with Crippen molar-refractivity contribution in [2.45, 2.75) is 46.5 Å². The molecule has 2 aliphatic heterocycles. The molecule has 2 saturated heterocycles. The Hall–Kier alpha value is -4.85. The number of phenolic OH excluding ortho intramolecular Hbond substituents is 1. The van der Waals surface area contributed by atoms with E-state index in [1.54, 1.807) is 48.5 Å². The van der Waals surface area contributed by atoms with E-state index >= 15 is 0 Å². The van der Waals surface area contributed by atoms with Gasteiger partial charge in [0.2, 0.25) is 23.6 Å². The number of nitrogens with zero attached hydrogens (tertiary/aromatic N) is 2. The predicted molar refractivity (Wildman–Crippen MR) is 168 cm³/mol. The summed E-state index contributed by atoms with van der Waals surface area (Å²) < 4.78 is 0. The van der Waals surface area contributed by atoms with Crippen LogP contribution in [0.1, 0.15) is 59.7 Å².